The second kappa shape index (κ2) is 8.67. The molecular formula is C27H35NO2. The van der Waals surface area contributed by atoms with Crippen molar-refractivity contribution in [3.8, 4) is 0 Å². The number of aryl methyl sites for hydroxylation is 1. The molecule has 0 saturated carbocycles. The van der Waals surface area contributed by atoms with E-state index < -0.39 is 0 Å². The molecule has 0 unspecified atom stereocenters. The average Bonchev–Trinajstić information content (AvgIpc) is 2.70. The SMILES string of the molecule is CCOC(=O)c1ccc(N(CC)c2cc3c(cc2C)C(C)(C)CC=C3C(C)C)cc1. The minimum Gasteiger partial charge on any atom is -0.462 e. The summed E-state index contributed by atoms with van der Waals surface area (Å²) in [6.45, 7) is 16.7. The second-order valence-electron chi connectivity index (χ2n) is 9.10. The van der Waals surface area contributed by atoms with Gasteiger partial charge in [0.05, 0.1) is 12.2 Å². The number of ether oxygens (including phenoxy) is 1. The van der Waals surface area contributed by atoms with Gasteiger partial charge in [-0.3, -0.25) is 0 Å². The molecule has 160 valence electrons. The molecule has 3 nitrogen and oxygen atoms in total. The number of hydrogen-bond donors (Lipinski definition) is 0. The van der Waals surface area contributed by atoms with Gasteiger partial charge >= 0.3 is 5.97 Å². The molecule has 0 aliphatic heterocycles. The number of carbonyl (C=O) groups is 1. The fourth-order valence-electron chi connectivity index (χ4n) is 4.40. The van der Waals surface area contributed by atoms with Gasteiger partial charge in [0.1, 0.15) is 0 Å². The number of esters is 1. The summed E-state index contributed by atoms with van der Waals surface area (Å²) < 4.78 is 5.12. The molecule has 0 fully saturated rings. The van der Waals surface area contributed by atoms with E-state index in [-0.39, 0.29) is 11.4 Å². The summed E-state index contributed by atoms with van der Waals surface area (Å²) in [4.78, 5) is 14.3. The Labute approximate surface area is 181 Å². The third-order valence-corrected chi connectivity index (χ3v) is 6.13. The Morgan fingerprint density at radius 3 is 2.37 bits per heavy atom. The molecule has 1 aliphatic carbocycles. The maximum atomic E-state index is 12.0. The molecule has 0 heterocycles. The molecule has 0 spiro atoms. The van der Waals surface area contributed by atoms with Crippen LogP contribution in [0.15, 0.2) is 42.5 Å². The van der Waals surface area contributed by atoms with Gasteiger partial charge in [-0.05, 0) is 91.1 Å². The van der Waals surface area contributed by atoms with Gasteiger partial charge in [0.25, 0.3) is 0 Å². The minimum absolute atomic E-state index is 0.148. The van der Waals surface area contributed by atoms with Crippen molar-refractivity contribution in [2.75, 3.05) is 18.1 Å². The Kier molecular flexibility index (Phi) is 6.40. The van der Waals surface area contributed by atoms with Crippen molar-refractivity contribution < 1.29 is 9.53 Å². The fourth-order valence-corrected chi connectivity index (χ4v) is 4.40. The van der Waals surface area contributed by atoms with E-state index >= 15 is 0 Å². The molecule has 0 N–H and O–H groups in total. The van der Waals surface area contributed by atoms with Crippen LogP contribution in [0.3, 0.4) is 0 Å². The van der Waals surface area contributed by atoms with E-state index in [1.54, 1.807) is 0 Å². The first-order valence-corrected chi connectivity index (χ1v) is 11.1. The van der Waals surface area contributed by atoms with Crippen LogP contribution < -0.4 is 4.90 Å². The summed E-state index contributed by atoms with van der Waals surface area (Å²) in [5, 5.41) is 0. The highest BCUT2D eigenvalue weighted by molar-refractivity contribution is 5.90. The van der Waals surface area contributed by atoms with E-state index in [9.17, 15) is 4.79 Å². The number of carbonyl (C=O) groups excluding carboxylic acids is 1. The van der Waals surface area contributed by atoms with Crippen LogP contribution >= 0.6 is 0 Å². The standard InChI is InChI=1S/C27H35NO2/c1-8-28(21-12-10-20(11-13-21)26(29)30-9-2)25-17-23-22(18(3)4)14-15-27(6,7)24(23)16-19(25)5/h10-14,16-18H,8-9,15H2,1-7H3. The molecule has 30 heavy (non-hydrogen) atoms. The lowest BCUT2D eigenvalue weighted by Gasteiger charge is -2.36. The highest BCUT2D eigenvalue weighted by atomic mass is 16.5. The minimum atomic E-state index is -0.272. The Balaban J connectivity index is 2.05. The van der Waals surface area contributed by atoms with Crippen LogP contribution in [0.2, 0.25) is 0 Å². The highest BCUT2D eigenvalue weighted by Crippen LogP contribution is 2.44. The molecule has 3 heteroatoms. The lowest BCUT2D eigenvalue weighted by atomic mass is 9.71. The van der Waals surface area contributed by atoms with Crippen LogP contribution in [0.5, 0.6) is 0 Å². The van der Waals surface area contributed by atoms with Crippen molar-refractivity contribution >= 4 is 22.9 Å². The molecule has 0 radical (unpaired) electrons. The fraction of sp³-hybridized carbons (Fsp3) is 0.444. The monoisotopic (exact) mass is 405 g/mol. The van der Waals surface area contributed by atoms with Gasteiger partial charge in [-0.1, -0.05) is 39.8 Å². The van der Waals surface area contributed by atoms with E-state index in [0.29, 0.717) is 18.1 Å². The van der Waals surface area contributed by atoms with E-state index in [0.717, 1.165) is 18.7 Å². The summed E-state index contributed by atoms with van der Waals surface area (Å²) in [7, 11) is 0. The predicted molar refractivity (Wildman–Crippen MR) is 127 cm³/mol. The van der Waals surface area contributed by atoms with Crippen molar-refractivity contribution in [1.82, 2.24) is 0 Å². The average molecular weight is 406 g/mol. The lowest BCUT2D eigenvalue weighted by Crippen LogP contribution is -2.24. The molecule has 2 aromatic rings. The van der Waals surface area contributed by atoms with Gasteiger partial charge < -0.3 is 9.64 Å². The van der Waals surface area contributed by atoms with Gasteiger partial charge in [-0.25, -0.2) is 4.79 Å². The predicted octanol–water partition coefficient (Wildman–Crippen LogP) is 7.05. The van der Waals surface area contributed by atoms with E-state index in [1.807, 2.05) is 31.2 Å². The zero-order valence-electron chi connectivity index (χ0n) is 19.5. The lowest BCUT2D eigenvalue weighted by molar-refractivity contribution is 0.0526. The van der Waals surface area contributed by atoms with Gasteiger partial charge in [0, 0.05) is 17.9 Å². The topological polar surface area (TPSA) is 29.5 Å². The molecule has 2 aromatic carbocycles. The number of anilines is 2. The van der Waals surface area contributed by atoms with Crippen molar-refractivity contribution in [1.29, 1.82) is 0 Å². The van der Waals surface area contributed by atoms with Crippen molar-refractivity contribution in [2.24, 2.45) is 5.92 Å². The van der Waals surface area contributed by atoms with Crippen LogP contribution in [0.1, 0.15) is 75.0 Å². The first-order chi connectivity index (χ1) is 14.2. The van der Waals surface area contributed by atoms with Crippen LogP contribution in [-0.4, -0.2) is 19.1 Å². The Morgan fingerprint density at radius 2 is 1.80 bits per heavy atom. The van der Waals surface area contributed by atoms with E-state index in [2.05, 4.69) is 64.7 Å². The third kappa shape index (κ3) is 4.16. The smallest absolute Gasteiger partial charge is 0.338 e. The third-order valence-electron chi connectivity index (χ3n) is 6.13. The molecule has 0 bridgehead atoms. The maximum absolute atomic E-state index is 12.0. The molecule has 0 aromatic heterocycles. The normalized spacial score (nSPS) is 14.9. The molecule has 0 saturated heterocycles. The number of rotatable bonds is 6. The number of benzene rings is 2. The summed E-state index contributed by atoms with van der Waals surface area (Å²) in [6, 6.07) is 12.5. The van der Waals surface area contributed by atoms with E-state index in [1.165, 1.54) is 28.0 Å². The maximum Gasteiger partial charge on any atom is 0.338 e. The molecule has 0 amide bonds. The van der Waals surface area contributed by atoms with Gasteiger partial charge in [0.2, 0.25) is 0 Å². The van der Waals surface area contributed by atoms with Crippen molar-refractivity contribution in [3.63, 3.8) is 0 Å². The van der Waals surface area contributed by atoms with Crippen molar-refractivity contribution in [2.45, 2.75) is 60.3 Å². The highest BCUT2D eigenvalue weighted by Gasteiger charge is 2.30. The largest absolute Gasteiger partial charge is 0.462 e. The summed E-state index contributed by atoms with van der Waals surface area (Å²) in [6.07, 6.45) is 3.51. The Bertz CT molecular complexity index is 952. The number of fused-ring (bicyclic) bond motifs is 1. The van der Waals surface area contributed by atoms with Crippen LogP contribution in [0, 0.1) is 12.8 Å². The quantitative estimate of drug-likeness (QED) is 0.482. The number of nitrogens with zero attached hydrogens (tertiary/aromatic N) is 1. The number of allylic oxidation sites excluding steroid dienone is 2. The van der Waals surface area contributed by atoms with Crippen LogP contribution in [0.4, 0.5) is 11.4 Å². The van der Waals surface area contributed by atoms with Gasteiger partial charge in [-0.15, -0.1) is 0 Å². The molecule has 3 rings (SSSR count). The summed E-state index contributed by atoms with van der Waals surface area (Å²) in [5.41, 5.74) is 8.60. The summed E-state index contributed by atoms with van der Waals surface area (Å²) >= 11 is 0. The Morgan fingerprint density at radius 1 is 1.13 bits per heavy atom. The zero-order valence-corrected chi connectivity index (χ0v) is 19.5. The van der Waals surface area contributed by atoms with Gasteiger partial charge in [0.15, 0.2) is 0 Å². The van der Waals surface area contributed by atoms with Crippen molar-refractivity contribution in [3.05, 3.63) is 64.7 Å². The van der Waals surface area contributed by atoms with Crippen LogP contribution in [0.25, 0.3) is 5.57 Å². The van der Waals surface area contributed by atoms with Gasteiger partial charge in [-0.2, -0.15) is 0 Å². The summed E-state index contributed by atoms with van der Waals surface area (Å²) in [5.74, 6) is 0.223. The molecular weight excluding hydrogens is 370 g/mol. The first kappa shape index (κ1) is 22.1. The molecule has 0 atom stereocenters. The second-order valence-corrected chi connectivity index (χ2v) is 9.10. The first-order valence-electron chi connectivity index (χ1n) is 11.1. The van der Waals surface area contributed by atoms with E-state index in [4.69, 9.17) is 4.74 Å². The number of hydrogen-bond acceptors (Lipinski definition) is 3. The molecule has 1 aliphatic rings. The zero-order chi connectivity index (χ0) is 22.1. The van der Waals surface area contributed by atoms with Crippen LogP contribution in [-0.2, 0) is 10.2 Å². The Hall–Kier alpha value is -2.55.